The lowest BCUT2D eigenvalue weighted by molar-refractivity contribution is 0.398. The average Bonchev–Trinajstić information content (AvgIpc) is 2.47. The molecule has 19 heavy (non-hydrogen) atoms. The van der Waals surface area contributed by atoms with E-state index in [9.17, 15) is 0 Å². The van der Waals surface area contributed by atoms with Crippen molar-refractivity contribution in [3.8, 4) is 17.3 Å². The van der Waals surface area contributed by atoms with Gasteiger partial charge in [-0.3, -0.25) is 0 Å². The summed E-state index contributed by atoms with van der Waals surface area (Å²) in [5, 5.41) is 0. The molecule has 0 saturated carbocycles. The van der Waals surface area contributed by atoms with Crippen molar-refractivity contribution in [2.24, 2.45) is 5.84 Å². The summed E-state index contributed by atoms with van der Waals surface area (Å²) in [5.41, 5.74) is 5.37. The van der Waals surface area contributed by atoms with Gasteiger partial charge in [-0.05, 0) is 19.4 Å². The maximum absolute atomic E-state index is 5.49. The van der Waals surface area contributed by atoms with E-state index in [1.807, 2.05) is 19.9 Å². The minimum Gasteiger partial charge on any atom is -0.481 e. The summed E-state index contributed by atoms with van der Waals surface area (Å²) < 4.78 is 5.03. The van der Waals surface area contributed by atoms with Gasteiger partial charge in [0.15, 0.2) is 5.82 Å². The number of methoxy groups -OCH3 is 1. The molecule has 2 heterocycles. The van der Waals surface area contributed by atoms with Crippen LogP contribution in [-0.4, -0.2) is 22.1 Å². The van der Waals surface area contributed by atoms with E-state index < -0.39 is 0 Å². The van der Waals surface area contributed by atoms with E-state index in [2.05, 4.69) is 20.4 Å². The Balaban J connectivity index is 2.48. The molecule has 0 radical (unpaired) electrons. The summed E-state index contributed by atoms with van der Waals surface area (Å²) in [5.74, 6) is 7.29. The fourth-order valence-electron chi connectivity index (χ4n) is 1.81. The molecule has 0 saturated heterocycles. The first kappa shape index (κ1) is 13.2. The van der Waals surface area contributed by atoms with Gasteiger partial charge in [-0.1, -0.05) is 6.92 Å². The lowest BCUT2D eigenvalue weighted by Gasteiger charge is -2.11. The van der Waals surface area contributed by atoms with Crippen LogP contribution in [0.15, 0.2) is 18.3 Å². The smallest absolute Gasteiger partial charge is 0.212 e. The number of aryl methyl sites for hydroxylation is 1. The molecule has 3 N–H and O–H groups in total. The molecule has 0 atom stereocenters. The van der Waals surface area contributed by atoms with Crippen molar-refractivity contribution in [1.82, 2.24) is 15.0 Å². The second-order valence-electron chi connectivity index (χ2n) is 4.05. The Morgan fingerprint density at radius 1 is 1.32 bits per heavy atom. The third kappa shape index (κ3) is 2.63. The summed E-state index contributed by atoms with van der Waals surface area (Å²) in [4.78, 5) is 13.1. The first-order chi connectivity index (χ1) is 9.19. The van der Waals surface area contributed by atoms with Crippen LogP contribution in [0.3, 0.4) is 0 Å². The Morgan fingerprint density at radius 3 is 2.63 bits per heavy atom. The summed E-state index contributed by atoms with van der Waals surface area (Å²) in [6.07, 6.45) is 2.50. The van der Waals surface area contributed by atoms with Crippen molar-refractivity contribution < 1.29 is 4.74 Å². The number of hydrazine groups is 1. The number of anilines is 1. The topological polar surface area (TPSA) is 86.0 Å². The zero-order valence-electron chi connectivity index (χ0n) is 11.3. The average molecular weight is 259 g/mol. The minimum absolute atomic E-state index is 0.559. The Bertz CT molecular complexity index is 543. The Kier molecular flexibility index (Phi) is 3.91. The Morgan fingerprint density at radius 2 is 2.11 bits per heavy atom. The fraction of sp³-hybridized carbons (Fsp3) is 0.308. The maximum Gasteiger partial charge on any atom is 0.212 e. The van der Waals surface area contributed by atoms with Crippen LogP contribution in [0.2, 0.25) is 0 Å². The first-order valence-corrected chi connectivity index (χ1v) is 6.04. The van der Waals surface area contributed by atoms with Crippen LogP contribution in [0.25, 0.3) is 11.4 Å². The second kappa shape index (κ2) is 5.62. The SMILES string of the molecule is CCc1nc(-c2ccc(OC)nc2)nc(NN)c1C. The predicted octanol–water partition coefficient (Wildman–Crippen LogP) is 1.70. The molecule has 0 unspecified atom stereocenters. The van der Waals surface area contributed by atoms with Gasteiger partial charge in [0, 0.05) is 29.1 Å². The Hall–Kier alpha value is -2.21. The number of hydrogen-bond acceptors (Lipinski definition) is 6. The molecule has 0 aromatic carbocycles. The molecule has 6 nitrogen and oxygen atoms in total. The summed E-state index contributed by atoms with van der Waals surface area (Å²) in [6.45, 7) is 4.00. The molecule has 2 aromatic rings. The van der Waals surface area contributed by atoms with Gasteiger partial charge in [-0.15, -0.1) is 0 Å². The van der Waals surface area contributed by atoms with Crippen LogP contribution in [-0.2, 0) is 6.42 Å². The number of hydrogen-bond donors (Lipinski definition) is 2. The van der Waals surface area contributed by atoms with E-state index >= 15 is 0 Å². The van der Waals surface area contributed by atoms with Gasteiger partial charge in [-0.25, -0.2) is 20.8 Å². The number of ether oxygens (including phenoxy) is 1. The second-order valence-corrected chi connectivity index (χ2v) is 4.05. The lowest BCUT2D eigenvalue weighted by atomic mass is 10.1. The highest BCUT2D eigenvalue weighted by Crippen LogP contribution is 2.22. The zero-order chi connectivity index (χ0) is 13.8. The summed E-state index contributed by atoms with van der Waals surface area (Å²) in [6, 6.07) is 3.65. The molecular weight excluding hydrogens is 242 g/mol. The predicted molar refractivity (Wildman–Crippen MR) is 73.7 cm³/mol. The van der Waals surface area contributed by atoms with Gasteiger partial charge in [0.05, 0.1) is 7.11 Å². The summed E-state index contributed by atoms with van der Waals surface area (Å²) >= 11 is 0. The highest BCUT2D eigenvalue weighted by molar-refractivity contribution is 5.59. The van der Waals surface area contributed by atoms with Gasteiger partial charge in [0.25, 0.3) is 0 Å². The highest BCUT2D eigenvalue weighted by Gasteiger charge is 2.10. The van der Waals surface area contributed by atoms with Crippen molar-refractivity contribution >= 4 is 5.82 Å². The molecule has 0 amide bonds. The molecule has 0 spiro atoms. The zero-order valence-corrected chi connectivity index (χ0v) is 11.3. The summed E-state index contributed by atoms with van der Waals surface area (Å²) in [7, 11) is 1.58. The molecule has 0 aliphatic carbocycles. The van der Waals surface area contributed by atoms with Crippen LogP contribution in [0, 0.1) is 6.92 Å². The quantitative estimate of drug-likeness (QED) is 0.642. The number of aromatic nitrogens is 3. The van der Waals surface area contributed by atoms with Gasteiger partial charge in [0.1, 0.15) is 5.82 Å². The normalized spacial score (nSPS) is 10.3. The first-order valence-electron chi connectivity index (χ1n) is 6.04. The minimum atomic E-state index is 0.559. The maximum atomic E-state index is 5.49. The van der Waals surface area contributed by atoms with Gasteiger partial charge in [0.2, 0.25) is 5.88 Å². The van der Waals surface area contributed by atoms with Crippen LogP contribution in [0.5, 0.6) is 5.88 Å². The van der Waals surface area contributed by atoms with Gasteiger partial charge < -0.3 is 10.2 Å². The number of nitrogens with two attached hydrogens (primary N) is 1. The third-order valence-electron chi connectivity index (χ3n) is 2.92. The van der Waals surface area contributed by atoms with E-state index in [1.165, 1.54) is 0 Å². The molecule has 2 rings (SSSR count). The van der Waals surface area contributed by atoms with Crippen LogP contribution in [0.4, 0.5) is 5.82 Å². The van der Waals surface area contributed by atoms with Crippen molar-refractivity contribution in [1.29, 1.82) is 0 Å². The van der Waals surface area contributed by atoms with Crippen LogP contribution in [0.1, 0.15) is 18.2 Å². The van der Waals surface area contributed by atoms with E-state index in [0.717, 1.165) is 23.2 Å². The van der Waals surface area contributed by atoms with E-state index in [-0.39, 0.29) is 0 Å². The van der Waals surface area contributed by atoms with E-state index in [1.54, 1.807) is 19.4 Å². The molecule has 0 aliphatic rings. The largest absolute Gasteiger partial charge is 0.481 e. The number of rotatable bonds is 4. The number of nitrogen functional groups attached to an aromatic ring is 1. The monoisotopic (exact) mass is 259 g/mol. The molecular formula is C13H17N5O. The molecule has 0 fully saturated rings. The van der Waals surface area contributed by atoms with Gasteiger partial charge in [-0.2, -0.15) is 0 Å². The van der Waals surface area contributed by atoms with E-state index in [4.69, 9.17) is 10.6 Å². The number of nitrogens with one attached hydrogen (secondary N) is 1. The van der Waals surface area contributed by atoms with E-state index in [0.29, 0.717) is 17.5 Å². The molecule has 6 heteroatoms. The van der Waals surface area contributed by atoms with Crippen molar-refractivity contribution in [2.75, 3.05) is 12.5 Å². The third-order valence-corrected chi connectivity index (χ3v) is 2.92. The Labute approximate surface area is 112 Å². The lowest BCUT2D eigenvalue weighted by Crippen LogP contribution is -2.13. The van der Waals surface area contributed by atoms with Crippen molar-refractivity contribution in [2.45, 2.75) is 20.3 Å². The number of pyridine rings is 1. The van der Waals surface area contributed by atoms with Crippen molar-refractivity contribution in [3.05, 3.63) is 29.6 Å². The van der Waals surface area contributed by atoms with Gasteiger partial charge >= 0.3 is 0 Å². The van der Waals surface area contributed by atoms with Crippen LogP contribution >= 0.6 is 0 Å². The van der Waals surface area contributed by atoms with Crippen molar-refractivity contribution in [3.63, 3.8) is 0 Å². The molecule has 100 valence electrons. The molecule has 0 aliphatic heterocycles. The number of nitrogens with zero attached hydrogens (tertiary/aromatic N) is 3. The highest BCUT2D eigenvalue weighted by atomic mass is 16.5. The fourth-order valence-corrected chi connectivity index (χ4v) is 1.81. The molecule has 0 bridgehead atoms. The standard InChI is InChI=1S/C13H17N5O/c1-4-10-8(2)12(18-14)17-13(16-10)9-5-6-11(19-3)15-7-9/h5-7H,4,14H2,1-3H3,(H,16,17,18). The van der Waals surface area contributed by atoms with Crippen LogP contribution < -0.4 is 16.0 Å². The molecule has 2 aromatic heterocycles.